The molecule has 0 bridgehead atoms. The largest absolute Gasteiger partial charge is 0.352 e. The summed E-state index contributed by atoms with van der Waals surface area (Å²) in [5.74, 6) is 0.921. The van der Waals surface area contributed by atoms with Crippen molar-refractivity contribution >= 4 is 35.8 Å². The molecule has 1 aliphatic carbocycles. The molecule has 2 aliphatic rings. The van der Waals surface area contributed by atoms with Gasteiger partial charge in [0.25, 0.3) is 0 Å². The van der Waals surface area contributed by atoms with Crippen LogP contribution in [0.15, 0.2) is 4.99 Å². The third kappa shape index (κ3) is 4.79. The van der Waals surface area contributed by atoms with Gasteiger partial charge in [-0.05, 0) is 31.1 Å². The molecular formula is C14H27IN4O. The molecule has 0 aromatic heterocycles. The lowest BCUT2D eigenvalue weighted by atomic mass is 9.87. The third-order valence-electron chi connectivity index (χ3n) is 4.27. The molecule has 1 saturated carbocycles. The van der Waals surface area contributed by atoms with Crippen LogP contribution in [0.2, 0.25) is 0 Å². The van der Waals surface area contributed by atoms with Crippen molar-refractivity contribution in [2.75, 3.05) is 26.7 Å². The molecule has 0 spiro atoms. The molecular weight excluding hydrogens is 367 g/mol. The number of hydrogen-bond acceptors (Lipinski definition) is 2. The van der Waals surface area contributed by atoms with Crippen molar-refractivity contribution in [3.63, 3.8) is 0 Å². The van der Waals surface area contributed by atoms with Gasteiger partial charge in [0.15, 0.2) is 5.96 Å². The summed E-state index contributed by atoms with van der Waals surface area (Å²) in [4.78, 5) is 18.2. The van der Waals surface area contributed by atoms with Crippen molar-refractivity contribution in [1.29, 1.82) is 0 Å². The second-order valence-electron chi connectivity index (χ2n) is 6.08. The number of nitrogens with zero attached hydrogens (tertiary/aromatic N) is 2. The highest BCUT2D eigenvalue weighted by Gasteiger charge is 2.33. The van der Waals surface area contributed by atoms with E-state index in [0.717, 1.165) is 31.9 Å². The van der Waals surface area contributed by atoms with Crippen molar-refractivity contribution in [3.8, 4) is 0 Å². The molecule has 116 valence electrons. The van der Waals surface area contributed by atoms with Crippen molar-refractivity contribution in [1.82, 2.24) is 15.5 Å². The number of nitrogens with one attached hydrogen (secondary N) is 2. The summed E-state index contributed by atoms with van der Waals surface area (Å²) >= 11 is 0. The summed E-state index contributed by atoms with van der Waals surface area (Å²) in [6, 6.07) is 0.423. The van der Waals surface area contributed by atoms with Gasteiger partial charge in [0.2, 0.25) is 5.91 Å². The summed E-state index contributed by atoms with van der Waals surface area (Å²) in [5.41, 5.74) is 0.383. The maximum absolute atomic E-state index is 11.7. The number of carbonyl (C=O) groups is 1. The van der Waals surface area contributed by atoms with Crippen molar-refractivity contribution in [2.45, 2.75) is 45.6 Å². The summed E-state index contributed by atoms with van der Waals surface area (Å²) in [6.07, 6.45) is 4.63. The van der Waals surface area contributed by atoms with Gasteiger partial charge in [0.05, 0.1) is 6.54 Å². The fourth-order valence-electron chi connectivity index (χ4n) is 2.49. The highest BCUT2D eigenvalue weighted by atomic mass is 127. The van der Waals surface area contributed by atoms with E-state index in [1.807, 2.05) is 0 Å². The standard InChI is InChI=1S/C14H26N4O.HI/c1-4-14(2)7-8-18(10-14)13(15-3)16-9-12(19)17-11-5-6-11;/h11H,4-10H2,1-3H3,(H,15,16)(H,17,19);1H. The fourth-order valence-corrected chi connectivity index (χ4v) is 2.49. The van der Waals surface area contributed by atoms with E-state index in [4.69, 9.17) is 0 Å². The Labute approximate surface area is 139 Å². The molecule has 1 amide bonds. The van der Waals surface area contributed by atoms with Crippen LogP contribution in [-0.2, 0) is 4.79 Å². The van der Waals surface area contributed by atoms with Crippen LogP contribution in [-0.4, -0.2) is 49.5 Å². The van der Waals surface area contributed by atoms with Crippen LogP contribution >= 0.6 is 24.0 Å². The number of halogens is 1. The maximum Gasteiger partial charge on any atom is 0.239 e. The minimum Gasteiger partial charge on any atom is -0.352 e. The van der Waals surface area contributed by atoms with Gasteiger partial charge in [0, 0.05) is 26.2 Å². The maximum atomic E-state index is 11.7. The van der Waals surface area contributed by atoms with Crippen molar-refractivity contribution in [2.24, 2.45) is 10.4 Å². The van der Waals surface area contributed by atoms with Crippen LogP contribution in [0.5, 0.6) is 0 Å². The highest BCUT2D eigenvalue weighted by Crippen LogP contribution is 2.32. The number of likely N-dealkylation sites (tertiary alicyclic amines) is 1. The second-order valence-corrected chi connectivity index (χ2v) is 6.08. The minimum absolute atomic E-state index is 0. The summed E-state index contributed by atoms with van der Waals surface area (Å²) in [7, 11) is 1.78. The molecule has 1 saturated heterocycles. The number of aliphatic imine (C=N–C) groups is 1. The molecule has 1 atom stereocenters. The Morgan fingerprint density at radius 1 is 1.45 bits per heavy atom. The predicted octanol–water partition coefficient (Wildman–Crippen LogP) is 1.58. The molecule has 1 aliphatic heterocycles. The normalized spacial score (nSPS) is 26.1. The van der Waals surface area contributed by atoms with E-state index in [0.29, 0.717) is 18.0 Å². The van der Waals surface area contributed by atoms with E-state index in [1.165, 1.54) is 12.8 Å². The number of hydrogen-bond donors (Lipinski definition) is 2. The zero-order valence-corrected chi connectivity index (χ0v) is 15.1. The molecule has 0 aromatic carbocycles. The van der Waals surface area contributed by atoms with E-state index in [9.17, 15) is 4.79 Å². The molecule has 2 fully saturated rings. The molecule has 1 unspecified atom stereocenters. The smallest absolute Gasteiger partial charge is 0.239 e. The molecule has 2 rings (SSSR count). The van der Waals surface area contributed by atoms with Crippen molar-refractivity contribution in [3.05, 3.63) is 0 Å². The summed E-state index contributed by atoms with van der Waals surface area (Å²) in [6.45, 7) is 6.92. The fraction of sp³-hybridized carbons (Fsp3) is 0.857. The van der Waals surface area contributed by atoms with E-state index >= 15 is 0 Å². The van der Waals surface area contributed by atoms with Gasteiger partial charge in [0.1, 0.15) is 0 Å². The Balaban J connectivity index is 0.00000200. The molecule has 2 N–H and O–H groups in total. The summed E-state index contributed by atoms with van der Waals surface area (Å²) < 4.78 is 0. The monoisotopic (exact) mass is 394 g/mol. The van der Waals surface area contributed by atoms with Gasteiger partial charge in [-0.25, -0.2) is 0 Å². The first-order valence-corrected chi connectivity index (χ1v) is 7.31. The zero-order valence-electron chi connectivity index (χ0n) is 12.7. The van der Waals surface area contributed by atoms with Crippen LogP contribution in [0.4, 0.5) is 0 Å². The quantitative estimate of drug-likeness (QED) is 0.433. The Bertz CT molecular complexity index is 370. The Hall–Kier alpha value is -0.530. The van der Waals surface area contributed by atoms with Crippen LogP contribution in [0.25, 0.3) is 0 Å². The number of amides is 1. The molecule has 1 heterocycles. The Kier molecular flexibility index (Phi) is 6.54. The van der Waals surface area contributed by atoms with Gasteiger partial charge in [-0.15, -0.1) is 24.0 Å². The molecule has 0 aromatic rings. The van der Waals surface area contributed by atoms with E-state index in [1.54, 1.807) is 7.05 Å². The first-order chi connectivity index (χ1) is 9.06. The average molecular weight is 394 g/mol. The van der Waals surface area contributed by atoms with Gasteiger partial charge < -0.3 is 15.5 Å². The van der Waals surface area contributed by atoms with Crippen LogP contribution in [0, 0.1) is 5.41 Å². The predicted molar refractivity (Wildman–Crippen MR) is 92.5 cm³/mol. The molecule has 0 radical (unpaired) electrons. The SMILES string of the molecule is CCC1(C)CCN(C(=NC)NCC(=O)NC2CC2)C1.I. The van der Waals surface area contributed by atoms with Crippen LogP contribution in [0.1, 0.15) is 39.5 Å². The van der Waals surface area contributed by atoms with Gasteiger partial charge in [-0.1, -0.05) is 13.8 Å². The lowest BCUT2D eigenvalue weighted by Gasteiger charge is -2.25. The number of carbonyl (C=O) groups excluding carboxylic acids is 1. The first kappa shape index (κ1) is 17.5. The molecule has 6 heteroatoms. The second kappa shape index (κ2) is 7.47. The Morgan fingerprint density at radius 2 is 2.15 bits per heavy atom. The van der Waals surface area contributed by atoms with Gasteiger partial charge in [-0.3, -0.25) is 9.79 Å². The molecule has 20 heavy (non-hydrogen) atoms. The number of rotatable bonds is 4. The lowest BCUT2D eigenvalue weighted by molar-refractivity contribution is -0.120. The highest BCUT2D eigenvalue weighted by molar-refractivity contribution is 14.0. The third-order valence-corrected chi connectivity index (χ3v) is 4.27. The average Bonchev–Trinajstić information content (AvgIpc) is 3.12. The first-order valence-electron chi connectivity index (χ1n) is 7.31. The van der Waals surface area contributed by atoms with Crippen LogP contribution in [0.3, 0.4) is 0 Å². The lowest BCUT2D eigenvalue weighted by Crippen LogP contribution is -2.45. The zero-order chi connectivity index (χ0) is 13.9. The Morgan fingerprint density at radius 3 is 2.65 bits per heavy atom. The number of guanidine groups is 1. The molecule has 5 nitrogen and oxygen atoms in total. The summed E-state index contributed by atoms with van der Waals surface area (Å²) in [5, 5.41) is 6.15. The van der Waals surface area contributed by atoms with E-state index < -0.39 is 0 Å². The minimum atomic E-state index is 0. The van der Waals surface area contributed by atoms with Crippen molar-refractivity contribution < 1.29 is 4.79 Å². The van der Waals surface area contributed by atoms with Gasteiger partial charge >= 0.3 is 0 Å². The van der Waals surface area contributed by atoms with E-state index in [-0.39, 0.29) is 29.9 Å². The van der Waals surface area contributed by atoms with E-state index in [2.05, 4.69) is 34.4 Å². The van der Waals surface area contributed by atoms with Gasteiger partial charge in [-0.2, -0.15) is 0 Å². The van der Waals surface area contributed by atoms with Crippen LogP contribution < -0.4 is 10.6 Å². The topological polar surface area (TPSA) is 56.7 Å².